The third-order valence-corrected chi connectivity index (χ3v) is 17.3. The van der Waals surface area contributed by atoms with Crippen molar-refractivity contribution < 1.29 is 27.5 Å². The van der Waals surface area contributed by atoms with E-state index in [4.69, 9.17) is 22.4 Å². The van der Waals surface area contributed by atoms with Gasteiger partial charge in [0.05, 0.1) is 13.2 Å². The van der Waals surface area contributed by atoms with Crippen molar-refractivity contribution in [1.82, 2.24) is 9.55 Å². The Morgan fingerprint density at radius 2 is 1.68 bits per heavy atom. The Hall–Kier alpha value is -1.09. The number of nitrogens with zero attached hydrogens (tertiary/aromatic N) is 2. The highest BCUT2D eigenvalue weighted by atomic mass is 28.5. The van der Waals surface area contributed by atoms with Crippen molar-refractivity contribution in [3.8, 4) is 5.88 Å². The number of ether oxygens (including phenoxy) is 2. The standard InChI is InChI=1S/C23H42N2O7Si2/c1-10-28-19-11-12-25(23(27)24-19)22-20(26)21-18(30-22)13-29-33(14(2)3,15(4)5)32-34(31-21,16(6)7)17(8)9/h11-12,14-18,20-22,26H,10,13H2,1-9H3/t18-,20?,21-,22+/m0/s1. The second kappa shape index (κ2) is 10.5. The predicted octanol–water partition coefficient (Wildman–Crippen LogP) is 3.86. The van der Waals surface area contributed by atoms with Gasteiger partial charge in [0.15, 0.2) is 6.23 Å². The maximum Gasteiger partial charge on any atom is 0.353 e. The van der Waals surface area contributed by atoms with E-state index in [1.54, 1.807) is 12.3 Å². The first-order valence-corrected chi connectivity index (χ1v) is 16.4. The van der Waals surface area contributed by atoms with Crippen molar-refractivity contribution in [3.63, 3.8) is 0 Å². The molecule has 9 nitrogen and oxygen atoms in total. The van der Waals surface area contributed by atoms with Gasteiger partial charge in [-0.3, -0.25) is 4.57 Å². The van der Waals surface area contributed by atoms with Gasteiger partial charge < -0.3 is 27.5 Å². The third kappa shape index (κ3) is 4.80. The van der Waals surface area contributed by atoms with Crippen LogP contribution < -0.4 is 10.4 Å². The fraction of sp³-hybridized carbons (Fsp3) is 0.826. The van der Waals surface area contributed by atoms with Crippen LogP contribution in [0.2, 0.25) is 22.2 Å². The Balaban J connectivity index is 2.03. The number of aliphatic hydroxyl groups is 1. The number of hydrogen-bond acceptors (Lipinski definition) is 8. The molecule has 1 N–H and O–H groups in total. The van der Waals surface area contributed by atoms with Crippen LogP contribution in [-0.2, 0) is 17.7 Å². The molecule has 2 aliphatic heterocycles. The van der Waals surface area contributed by atoms with Gasteiger partial charge in [0.1, 0.15) is 18.3 Å². The monoisotopic (exact) mass is 514 g/mol. The van der Waals surface area contributed by atoms with Crippen LogP contribution in [0.4, 0.5) is 0 Å². The van der Waals surface area contributed by atoms with Gasteiger partial charge in [-0.2, -0.15) is 4.98 Å². The molecule has 2 saturated heterocycles. The van der Waals surface area contributed by atoms with Crippen molar-refractivity contribution in [2.45, 2.75) is 109 Å². The molecule has 2 fully saturated rings. The van der Waals surface area contributed by atoms with Gasteiger partial charge in [-0.15, -0.1) is 0 Å². The summed E-state index contributed by atoms with van der Waals surface area (Å²) in [5.74, 6) is 0.242. The van der Waals surface area contributed by atoms with Crippen molar-refractivity contribution >= 4 is 17.1 Å². The van der Waals surface area contributed by atoms with E-state index < -0.39 is 47.4 Å². The number of fused-ring (bicyclic) bond motifs is 1. The zero-order valence-electron chi connectivity index (χ0n) is 22.0. The second-order valence-corrected chi connectivity index (χ2v) is 19.3. The van der Waals surface area contributed by atoms with Gasteiger partial charge in [0.2, 0.25) is 5.88 Å². The molecule has 194 valence electrons. The first-order chi connectivity index (χ1) is 15.9. The smallest absolute Gasteiger partial charge is 0.353 e. The molecule has 0 spiro atoms. The molecule has 11 heteroatoms. The minimum Gasteiger partial charge on any atom is -0.478 e. The summed E-state index contributed by atoms with van der Waals surface area (Å²) in [6.07, 6.45) is -1.68. The Bertz CT molecular complexity index is 876. The zero-order chi connectivity index (χ0) is 25.4. The minimum atomic E-state index is -2.90. The van der Waals surface area contributed by atoms with E-state index in [1.807, 2.05) is 6.92 Å². The highest BCUT2D eigenvalue weighted by Gasteiger charge is 2.61. The average Bonchev–Trinajstić information content (AvgIpc) is 3.02. The van der Waals surface area contributed by atoms with Crippen molar-refractivity contribution in [3.05, 3.63) is 22.7 Å². The molecule has 0 bridgehead atoms. The molecule has 0 aromatic carbocycles. The topological polar surface area (TPSA) is 101 Å². The molecule has 1 aromatic heterocycles. The van der Waals surface area contributed by atoms with E-state index in [0.29, 0.717) is 6.61 Å². The summed E-state index contributed by atoms with van der Waals surface area (Å²) in [6.45, 7) is 19.6. The summed E-state index contributed by atoms with van der Waals surface area (Å²) in [6, 6.07) is 1.60. The molecule has 3 rings (SSSR count). The molecule has 0 amide bonds. The molecule has 1 aromatic rings. The van der Waals surface area contributed by atoms with Gasteiger partial charge in [0, 0.05) is 12.3 Å². The van der Waals surface area contributed by atoms with Crippen LogP contribution in [0.15, 0.2) is 17.1 Å². The molecule has 4 atom stereocenters. The van der Waals surface area contributed by atoms with E-state index in [1.165, 1.54) is 4.57 Å². The summed E-state index contributed by atoms with van der Waals surface area (Å²) < 4.78 is 33.6. The summed E-state index contributed by atoms with van der Waals surface area (Å²) in [5, 5.41) is 11.3. The molecular formula is C23H42N2O7Si2. The van der Waals surface area contributed by atoms with Crippen LogP contribution in [0.5, 0.6) is 5.88 Å². The SMILES string of the molecule is CCOc1ccn([C@@H]2O[C@H]3CO[Si](C(C)C)(C(C)C)O[Si](C(C)C)(C(C)C)O[C@@H]3C2O)c(=O)n1. The van der Waals surface area contributed by atoms with Crippen LogP contribution in [0.25, 0.3) is 0 Å². The first-order valence-electron chi connectivity index (χ1n) is 12.5. The fourth-order valence-corrected chi connectivity index (χ4v) is 16.4. The lowest BCUT2D eigenvalue weighted by molar-refractivity contribution is -0.0601. The lowest BCUT2D eigenvalue weighted by Gasteiger charge is -2.51. The average molecular weight is 515 g/mol. The van der Waals surface area contributed by atoms with E-state index in [-0.39, 0.29) is 34.7 Å². The largest absolute Gasteiger partial charge is 0.478 e. The first kappa shape index (κ1) is 27.5. The Morgan fingerprint density at radius 3 is 2.18 bits per heavy atom. The lowest BCUT2D eigenvalue weighted by atomic mass is 10.1. The van der Waals surface area contributed by atoms with Crippen LogP contribution >= 0.6 is 0 Å². The Labute approximate surface area is 205 Å². The molecule has 2 aliphatic rings. The molecular weight excluding hydrogens is 472 g/mol. The van der Waals surface area contributed by atoms with E-state index in [9.17, 15) is 9.90 Å². The molecule has 3 heterocycles. The quantitative estimate of drug-likeness (QED) is 0.548. The highest BCUT2D eigenvalue weighted by Crippen LogP contribution is 2.48. The number of rotatable bonds is 7. The van der Waals surface area contributed by atoms with Gasteiger partial charge in [-0.1, -0.05) is 55.4 Å². The van der Waals surface area contributed by atoms with Crippen molar-refractivity contribution in [2.75, 3.05) is 13.2 Å². The van der Waals surface area contributed by atoms with E-state index in [0.717, 1.165) is 0 Å². The van der Waals surface area contributed by atoms with Crippen LogP contribution in [0, 0.1) is 0 Å². The summed E-state index contributed by atoms with van der Waals surface area (Å²) in [4.78, 5) is 16.7. The van der Waals surface area contributed by atoms with Gasteiger partial charge in [0.25, 0.3) is 0 Å². The van der Waals surface area contributed by atoms with E-state index in [2.05, 4.69) is 60.4 Å². The van der Waals surface area contributed by atoms with Crippen molar-refractivity contribution in [1.29, 1.82) is 0 Å². The molecule has 1 unspecified atom stereocenters. The van der Waals surface area contributed by atoms with Crippen LogP contribution in [0.3, 0.4) is 0 Å². The Kier molecular flexibility index (Phi) is 8.49. The summed E-state index contributed by atoms with van der Waals surface area (Å²) in [7, 11) is -5.61. The van der Waals surface area contributed by atoms with E-state index >= 15 is 0 Å². The molecule has 0 saturated carbocycles. The zero-order valence-corrected chi connectivity index (χ0v) is 24.0. The molecule has 0 aliphatic carbocycles. The molecule has 0 radical (unpaired) electrons. The number of aromatic nitrogens is 2. The fourth-order valence-electron chi connectivity index (χ4n) is 5.19. The van der Waals surface area contributed by atoms with Gasteiger partial charge in [-0.05, 0) is 29.1 Å². The maximum atomic E-state index is 12.7. The number of aliphatic hydroxyl groups excluding tert-OH is 1. The predicted molar refractivity (Wildman–Crippen MR) is 133 cm³/mol. The Morgan fingerprint density at radius 1 is 1.09 bits per heavy atom. The maximum absolute atomic E-state index is 12.7. The molecule has 34 heavy (non-hydrogen) atoms. The number of hydrogen-bond donors (Lipinski definition) is 1. The lowest BCUT2D eigenvalue weighted by Crippen LogP contribution is -2.65. The minimum absolute atomic E-state index is 0.125. The van der Waals surface area contributed by atoms with Gasteiger partial charge >= 0.3 is 22.8 Å². The van der Waals surface area contributed by atoms with Crippen LogP contribution in [-0.4, -0.2) is 63.3 Å². The van der Waals surface area contributed by atoms with Crippen molar-refractivity contribution in [2.24, 2.45) is 0 Å². The second-order valence-electron chi connectivity index (χ2n) is 10.5. The highest BCUT2D eigenvalue weighted by molar-refractivity contribution is 6.83. The summed E-state index contributed by atoms with van der Waals surface area (Å²) in [5.41, 5.74) is 0.112. The van der Waals surface area contributed by atoms with Crippen LogP contribution in [0.1, 0.15) is 68.5 Å². The van der Waals surface area contributed by atoms with Gasteiger partial charge in [-0.25, -0.2) is 4.79 Å². The third-order valence-electron chi connectivity index (χ3n) is 7.01. The summed E-state index contributed by atoms with van der Waals surface area (Å²) >= 11 is 0. The normalized spacial score (nSPS) is 28.9.